The van der Waals surface area contributed by atoms with Crippen LogP contribution in [0.15, 0.2) is 16.5 Å². The van der Waals surface area contributed by atoms with Crippen molar-refractivity contribution in [2.24, 2.45) is 5.73 Å². The van der Waals surface area contributed by atoms with Gasteiger partial charge in [-0.25, -0.2) is 0 Å². The number of furan rings is 1. The van der Waals surface area contributed by atoms with E-state index in [2.05, 4.69) is 4.42 Å². The predicted molar refractivity (Wildman–Crippen MR) is 28.3 cm³/mol. The smallest absolute Gasteiger partial charge is 0.281 e. The molecule has 1 heterocycles. The summed E-state index contributed by atoms with van der Waals surface area (Å²) >= 11 is 0. The van der Waals surface area contributed by atoms with Crippen LogP contribution in [0.25, 0.3) is 0 Å². The third kappa shape index (κ3) is 0.816. The second-order valence-corrected chi connectivity index (χ2v) is 1.44. The third-order valence-corrected chi connectivity index (χ3v) is 0.849. The second-order valence-electron chi connectivity index (χ2n) is 1.44. The van der Waals surface area contributed by atoms with E-state index < -0.39 is 0 Å². The van der Waals surface area contributed by atoms with Gasteiger partial charge in [0.25, 0.3) is 5.95 Å². The molecule has 0 aliphatic heterocycles. The van der Waals surface area contributed by atoms with Gasteiger partial charge in [-0.3, -0.25) is 0 Å². The lowest BCUT2D eigenvalue weighted by Crippen LogP contribution is -1.92. The van der Waals surface area contributed by atoms with Gasteiger partial charge in [0.05, 0.1) is 6.54 Å². The summed E-state index contributed by atoms with van der Waals surface area (Å²) in [5.74, 6) is 0.521. The van der Waals surface area contributed by atoms with Crippen LogP contribution in [0.1, 0.15) is 5.76 Å². The minimum Gasteiger partial charge on any atom is -0.481 e. The first-order valence-corrected chi connectivity index (χ1v) is 2.30. The van der Waals surface area contributed by atoms with E-state index in [1.165, 1.54) is 6.07 Å². The number of hydrogen-bond donors (Lipinski definition) is 2. The minimum absolute atomic E-state index is 0.0783. The van der Waals surface area contributed by atoms with Crippen LogP contribution in [0.4, 0.5) is 0 Å². The van der Waals surface area contributed by atoms with Gasteiger partial charge in [-0.15, -0.1) is 0 Å². The molecular weight excluding hydrogens is 106 g/mol. The van der Waals surface area contributed by atoms with E-state index in [1.54, 1.807) is 6.07 Å². The average Bonchev–Trinajstić information content (AvgIpc) is 2.14. The Balaban J connectivity index is 2.84. The molecule has 3 heteroatoms. The fourth-order valence-electron chi connectivity index (χ4n) is 0.476. The summed E-state index contributed by atoms with van der Waals surface area (Å²) in [5, 5.41) is 8.56. The number of rotatable bonds is 1. The fourth-order valence-corrected chi connectivity index (χ4v) is 0.476. The van der Waals surface area contributed by atoms with Crippen LogP contribution in [0.3, 0.4) is 0 Å². The molecule has 0 fully saturated rings. The van der Waals surface area contributed by atoms with Crippen molar-refractivity contribution < 1.29 is 9.52 Å². The van der Waals surface area contributed by atoms with Crippen LogP contribution in [-0.2, 0) is 6.54 Å². The van der Waals surface area contributed by atoms with E-state index in [0.717, 1.165) is 0 Å². The van der Waals surface area contributed by atoms with Crippen molar-refractivity contribution >= 4 is 0 Å². The summed E-state index contributed by atoms with van der Waals surface area (Å²) in [6, 6.07) is 3.09. The van der Waals surface area contributed by atoms with Crippen molar-refractivity contribution in [3.05, 3.63) is 17.9 Å². The Hall–Kier alpha value is -0.960. The van der Waals surface area contributed by atoms with E-state index in [9.17, 15) is 0 Å². The molecule has 0 saturated heterocycles. The number of aromatic hydroxyl groups is 1. The molecule has 0 aliphatic carbocycles. The Morgan fingerprint density at radius 2 is 2.38 bits per heavy atom. The van der Waals surface area contributed by atoms with Crippen molar-refractivity contribution in [3.8, 4) is 5.95 Å². The van der Waals surface area contributed by atoms with Gasteiger partial charge < -0.3 is 15.3 Å². The van der Waals surface area contributed by atoms with Crippen LogP contribution in [0.2, 0.25) is 0 Å². The molecule has 0 radical (unpaired) electrons. The summed E-state index contributed by atoms with van der Waals surface area (Å²) < 4.78 is 4.66. The predicted octanol–water partition coefficient (Wildman–Crippen LogP) is 0.444. The Bertz CT molecular complexity index is 171. The second kappa shape index (κ2) is 1.88. The van der Waals surface area contributed by atoms with Gasteiger partial charge >= 0.3 is 0 Å². The Morgan fingerprint density at radius 3 is 2.62 bits per heavy atom. The zero-order valence-corrected chi connectivity index (χ0v) is 4.29. The first-order chi connectivity index (χ1) is 3.83. The lowest BCUT2D eigenvalue weighted by atomic mass is 10.5. The maximum Gasteiger partial charge on any atom is 0.281 e. The van der Waals surface area contributed by atoms with Gasteiger partial charge in [0.1, 0.15) is 5.76 Å². The van der Waals surface area contributed by atoms with Crippen LogP contribution in [0, 0.1) is 0 Å². The van der Waals surface area contributed by atoms with E-state index in [1.807, 2.05) is 0 Å². The summed E-state index contributed by atoms with van der Waals surface area (Å²) in [6.07, 6.45) is 0. The Labute approximate surface area is 46.7 Å². The maximum absolute atomic E-state index is 8.56. The molecule has 0 atom stereocenters. The molecule has 0 spiro atoms. The number of nitrogens with two attached hydrogens (primary N) is 1. The largest absolute Gasteiger partial charge is 0.481 e. The topological polar surface area (TPSA) is 59.4 Å². The van der Waals surface area contributed by atoms with Gasteiger partial charge in [0, 0.05) is 6.07 Å². The highest BCUT2D eigenvalue weighted by molar-refractivity contribution is 5.09. The minimum atomic E-state index is -0.0783. The van der Waals surface area contributed by atoms with Crippen LogP contribution >= 0.6 is 0 Å². The summed E-state index contributed by atoms with van der Waals surface area (Å²) in [4.78, 5) is 0. The molecular formula is C5H7NO2. The molecule has 0 amide bonds. The van der Waals surface area contributed by atoms with Crippen molar-refractivity contribution in [2.75, 3.05) is 0 Å². The van der Waals surface area contributed by atoms with E-state index in [4.69, 9.17) is 10.8 Å². The van der Waals surface area contributed by atoms with E-state index in [0.29, 0.717) is 12.3 Å². The van der Waals surface area contributed by atoms with Crippen molar-refractivity contribution in [1.29, 1.82) is 0 Å². The lowest BCUT2D eigenvalue weighted by molar-refractivity contribution is 0.319. The quantitative estimate of drug-likeness (QED) is 0.555. The lowest BCUT2D eigenvalue weighted by Gasteiger charge is -1.82. The molecule has 8 heavy (non-hydrogen) atoms. The molecule has 1 rings (SSSR count). The van der Waals surface area contributed by atoms with Crippen molar-refractivity contribution in [3.63, 3.8) is 0 Å². The first-order valence-electron chi connectivity index (χ1n) is 2.30. The molecule has 1 aromatic heterocycles. The molecule has 0 unspecified atom stereocenters. The molecule has 44 valence electrons. The van der Waals surface area contributed by atoms with Crippen LogP contribution < -0.4 is 5.73 Å². The Morgan fingerprint density at radius 1 is 1.62 bits per heavy atom. The van der Waals surface area contributed by atoms with Gasteiger partial charge in [0.15, 0.2) is 0 Å². The van der Waals surface area contributed by atoms with E-state index in [-0.39, 0.29) is 5.95 Å². The first kappa shape index (κ1) is 5.18. The molecule has 0 aliphatic rings. The fraction of sp³-hybridized carbons (Fsp3) is 0.200. The number of hydrogen-bond acceptors (Lipinski definition) is 3. The Kier molecular flexibility index (Phi) is 1.22. The van der Waals surface area contributed by atoms with Crippen molar-refractivity contribution in [2.45, 2.75) is 6.54 Å². The molecule has 3 N–H and O–H groups in total. The SMILES string of the molecule is NCc1ccc(O)o1. The summed E-state index contributed by atoms with van der Waals surface area (Å²) in [5.41, 5.74) is 5.16. The maximum atomic E-state index is 8.56. The monoisotopic (exact) mass is 113 g/mol. The average molecular weight is 113 g/mol. The highest BCUT2D eigenvalue weighted by atomic mass is 16.5. The molecule has 0 bridgehead atoms. The van der Waals surface area contributed by atoms with Gasteiger partial charge in [-0.05, 0) is 6.07 Å². The summed E-state index contributed by atoms with van der Waals surface area (Å²) in [7, 11) is 0. The highest BCUT2D eigenvalue weighted by Gasteiger charge is 1.93. The van der Waals surface area contributed by atoms with Crippen LogP contribution in [-0.4, -0.2) is 5.11 Å². The van der Waals surface area contributed by atoms with E-state index >= 15 is 0 Å². The van der Waals surface area contributed by atoms with Gasteiger partial charge in [-0.1, -0.05) is 0 Å². The van der Waals surface area contributed by atoms with Crippen LogP contribution in [0.5, 0.6) is 5.95 Å². The molecule has 0 saturated carbocycles. The molecule has 1 aromatic rings. The molecule has 0 aromatic carbocycles. The van der Waals surface area contributed by atoms with Gasteiger partial charge in [0.2, 0.25) is 0 Å². The standard InChI is InChI=1S/C5H7NO2/c6-3-4-1-2-5(7)8-4/h1-2,7H,3,6H2. The third-order valence-electron chi connectivity index (χ3n) is 0.849. The zero-order chi connectivity index (χ0) is 5.98. The van der Waals surface area contributed by atoms with Crippen molar-refractivity contribution in [1.82, 2.24) is 0 Å². The summed E-state index contributed by atoms with van der Waals surface area (Å²) in [6.45, 7) is 0.334. The zero-order valence-electron chi connectivity index (χ0n) is 4.29. The van der Waals surface area contributed by atoms with Gasteiger partial charge in [-0.2, -0.15) is 0 Å². The normalized spacial score (nSPS) is 9.62. The molecule has 3 nitrogen and oxygen atoms in total. The highest BCUT2D eigenvalue weighted by Crippen LogP contribution is 2.11.